The number of benzene rings is 7. The fraction of sp³-hybridized carbons (Fsp3) is 0.0370. The monoisotopic (exact) mass is 781 g/mol. The Hall–Kier alpha value is -8.16. The summed E-state index contributed by atoms with van der Waals surface area (Å²) in [5, 5.41) is 12.2. The molecule has 0 amide bonds. The lowest BCUT2D eigenvalue weighted by molar-refractivity contribution is 0.523. The highest BCUT2D eigenvalue weighted by Crippen LogP contribution is 2.41. The molecule has 5 heterocycles. The van der Waals surface area contributed by atoms with Gasteiger partial charge in [-0.05, 0) is 58.8 Å². The van der Waals surface area contributed by atoms with E-state index >= 15 is 0 Å². The van der Waals surface area contributed by atoms with Crippen LogP contribution in [-0.2, 0) is 5.66 Å². The molecule has 1 aliphatic rings. The Balaban J connectivity index is 1.02. The van der Waals surface area contributed by atoms with E-state index in [1.54, 1.807) is 0 Å². The van der Waals surface area contributed by atoms with Crippen molar-refractivity contribution in [1.29, 1.82) is 0 Å². The lowest BCUT2D eigenvalue weighted by Gasteiger charge is -2.31. The number of nitrogens with zero attached hydrogens (tertiary/aromatic N) is 6. The highest BCUT2D eigenvalue weighted by Gasteiger charge is 2.34. The molecule has 4 aromatic heterocycles. The molecule has 0 aliphatic carbocycles. The second-order valence-electron chi connectivity index (χ2n) is 15.7. The molecule has 0 fully saturated rings. The van der Waals surface area contributed by atoms with Crippen molar-refractivity contribution in [1.82, 2.24) is 25.3 Å². The van der Waals surface area contributed by atoms with Gasteiger partial charge in [-0.1, -0.05) is 146 Å². The van der Waals surface area contributed by atoms with Crippen LogP contribution >= 0.6 is 0 Å². The highest BCUT2D eigenvalue weighted by molar-refractivity contribution is 6.21. The first kappa shape index (κ1) is 34.8. The summed E-state index contributed by atoms with van der Waals surface area (Å²) in [6, 6.07) is 61.0. The van der Waals surface area contributed by atoms with Crippen LogP contribution in [0.1, 0.15) is 23.6 Å². The molecule has 12 rings (SSSR count). The maximum absolute atomic E-state index is 5.56. The number of hydrogen-bond donors (Lipinski definition) is 1. The number of hydrogen-bond acceptors (Lipinski definition) is 7. The molecule has 0 saturated heterocycles. The summed E-state index contributed by atoms with van der Waals surface area (Å²) in [5.74, 6) is 1.49. The van der Waals surface area contributed by atoms with Crippen LogP contribution < -0.4 is 5.32 Å². The van der Waals surface area contributed by atoms with E-state index in [4.69, 9.17) is 29.9 Å². The van der Waals surface area contributed by atoms with Gasteiger partial charge in [0.05, 0.1) is 33.5 Å². The Morgan fingerprint density at radius 3 is 1.44 bits per heavy atom. The van der Waals surface area contributed by atoms with Gasteiger partial charge in [-0.15, -0.1) is 0 Å². The van der Waals surface area contributed by atoms with Gasteiger partial charge in [0.25, 0.3) is 0 Å². The summed E-state index contributed by atoms with van der Waals surface area (Å²) in [7, 11) is 0. The maximum atomic E-state index is 5.56. The molecule has 1 N–H and O–H groups in total. The fourth-order valence-corrected chi connectivity index (χ4v) is 9.02. The van der Waals surface area contributed by atoms with Crippen LogP contribution in [-0.4, -0.2) is 31.6 Å². The average molecular weight is 782 g/mol. The van der Waals surface area contributed by atoms with Crippen LogP contribution in [0.5, 0.6) is 0 Å². The van der Waals surface area contributed by atoms with Crippen molar-refractivity contribution in [3.05, 3.63) is 205 Å². The summed E-state index contributed by atoms with van der Waals surface area (Å²) in [4.78, 5) is 30.9. The van der Waals surface area contributed by atoms with Crippen LogP contribution in [0.3, 0.4) is 0 Å². The first-order chi connectivity index (χ1) is 30.1. The lowest BCUT2D eigenvalue weighted by Crippen LogP contribution is -2.41. The SMILES string of the molecule is C[C@@]1(c2ccc(-c3ccc4ccc5cccnc5c4n3)c3ccccc23)N=C(c2ccccc2)NC(c2ccc(-c3ccc4ccc5cccnc5c4n3)c3ccccc23)=N1. The molecule has 0 bridgehead atoms. The Morgan fingerprint density at radius 1 is 0.377 bits per heavy atom. The fourth-order valence-electron chi connectivity index (χ4n) is 9.02. The summed E-state index contributed by atoms with van der Waals surface area (Å²) < 4.78 is 0. The van der Waals surface area contributed by atoms with E-state index < -0.39 is 5.66 Å². The molecule has 11 aromatic rings. The molecule has 1 aliphatic heterocycles. The first-order valence-corrected chi connectivity index (χ1v) is 20.4. The Kier molecular flexibility index (Phi) is 7.83. The summed E-state index contributed by atoms with van der Waals surface area (Å²) >= 11 is 0. The third-order valence-corrected chi connectivity index (χ3v) is 12.0. The molecule has 7 nitrogen and oxygen atoms in total. The van der Waals surface area contributed by atoms with E-state index in [1.807, 2.05) is 42.7 Å². The Morgan fingerprint density at radius 2 is 0.836 bits per heavy atom. The number of fused-ring (bicyclic) bond motifs is 8. The van der Waals surface area contributed by atoms with Gasteiger partial charge < -0.3 is 5.32 Å². The van der Waals surface area contributed by atoms with Gasteiger partial charge in [0.2, 0.25) is 0 Å². The van der Waals surface area contributed by atoms with Crippen molar-refractivity contribution in [2.75, 3.05) is 0 Å². The molecular formula is C54H35N7. The number of nitrogens with one attached hydrogen (secondary N) is 1. The summed E-state index contributed by atoms with van der Waals surface area (Å²) in [6.07, 6.45) is 3.66. The van der Waals surface area contributed by atoms with E-state index in [0.717, 1.165) is 116 Å². The molecule has 0 saturated carbocycles. The number of amidine groups is 2. The third kappa shape index (κ3) is 5.74. The number of rotatable bonds is 5. The lowest BCUT2D eigenvalue weighted by atomic mass is 9.90. The van der Waals surface area contributed by atoms with Gasteiger partial charge in [0.1, 0.15) is 11.7 Å². The van der Waals surface area contributed by atoms with Gasteiger partial charge in [-0.3, -0.25) is 9.97 Å². The van der Waals surface area contributed by atoms with Crippen molar-refractivity contribution in [3.8, 4) is 22.5 Å². The predicted molar refractivity (Wildman–Crippen MR) is 250 cm³/mol. The van der Waals surface area contributed by atoms with Crippen molar-refractivity contribution in [2.24, 2.45) is 9.98 Å². The standard InChI is InChI=1S/C54H35N7/c1-54(45-28-27-43(40-17-7-8-18-41(40)45)47-30-24-36-22-20-34-14-10-32-56-49(34)51(36)58-47)60-52(37-11-3-2-4-12-37)59-53(61-54)44-26-25-42(38-15-5-6-16-39(38)44)46-29-23-35-21-19-33-13-9-31-55-48(33)50(35)57-46/h2-32H,1H3,(H,59,60,61)/t54-/m1/s1. The smallest absolute Gasteiger partial charge is 0.178 e. The largest absolute Gasteiger partial charge is 0.324 e. The van der Waals surface area contributed by atoms with Gasteiger partial charge in [-0.25, -0.2) is 20.0 Å². The van der Waals surface area contributed by atoms with Gasteiger partial charge in [0, 0.05) is 61.8 Å². The molecular weight excluding hydrogens is 747 g/mol. The minimum atomic E-state index is -0.992. The number of aliphatic imine (C=N–C) groups is 2. The van der Waals surface area contributed by atoms with Crippen molar-refractivity contribution in [2.45, 2.75) is 12.6 Å². The zero-order chi connectivity index (χ0) is 40.5. The highest BCUT2D eigenvalue weighted by atomic mass is 15.2. The quantitative estimate of drug-likeness (QED) is 0.176. The van der Waals surface area contributed by atoms with Gasteiger partial charge in [0.15, 0.2) is 5.66 Å². The van der Waals surface area contributed by atoms with E-state index in [-0.39, 0.29) is 0 Å². The van der Waals surface area contributed by atoms with Gasteiger partial charge in [-0.2, -0.15) is 0 Å². The predicted octanol–water partition coefficient (Wildman–Crippen LogP) is 12.2. The van der Waals surface area contributed by atoms with Crippen LogP contribution in [0.25, 0.3) is 87.7 Å². The average Bonchev–Trinajstić information content (AvgIpc) is 3.33. The Bertz CT molecular complexity index is 3650. The van der Waals surface area contributed by atoms with Gasteiger partial charge >= 0.3 is 0 Å². The summed E-state index contributed by atoms with van der Waals surface area (Å²) in [5.41, 5.74) is 9.39. The topological polar surface area (TPSA) is 88.3 Å². The molecule has 0 unspecified atom stereocenters. The van der Waals surface area contributed by atoms with Crippen LogP contribution in [0, 0.1) is 0 Å². The third-order valence-electron chi connectivity index (χ3n) is 12.0. The van der Waals surface area contributed by atoms with Crippen LogP contribution in [0.15, 0.2) is 198 Å². The number of aromatic nitrogens is 4. The van der Waals surface area contributed by atoms with E-state index in [9.17, 15) is 0 Å². The van der Waals surface area contributed by atoms with Crippen LogP contribution in [0.4, 0.5) is 0 Å². The minimum Gasteiger partial charge on any atom is -0.324 e. The normalized spacial score (nSPS) is 15.4. The van der Waals surface area contributed by atoms with Crippen molar-refractivity contribution < 1.29 is 0 Å². The van der Waals surface area contributed by atoms with Crippen LogP contribution in [0.2, 0.25) is 0 Å². The Labute approximate surface area is 350 Å². The summed E-state index contributed by atoms with van der Waals surface area (Å²) in [6.45, 7) is 2.11. The van der Waals surface area contributed by atoms with E-state index in [1.165, 1.54) is 0 Å². The maximum Gasteiger partial charge on any atom is 0.178 e. The molecule has 0 radical (unpaired) electrons. The first-order valence-electron chi connectivity index (χ1n) is 20.4. The molecule has 286 valence electrons. The molecule has 7 heteroatoms. The van der Waals surface area contributed by atoms with E-state index in [2.05, 4.69) is 158 Å². The minimum absolute atomic E-state index is 0.740. The second kappa shape index (κ2) is 13.7. The van der Waals surface area contributed by atoms with Crippen molar-refractivity contribution >= 4 is 76.8 Å². The van der Waals surface area contributed by atoms with E-state index in [0.29, 0.717) is 0 Å². The number of pyridine rings is 4. The molecule has 61 heavy (non-hydrogen) atoms. The molecule has 1 atom stereocenters. The zero-order valence-electron chi connectivity index (χ0n) is 33.1. The second-order valence-corrected chi connectivity index (χ2v) is 15.7. The zero-order valence-corrected chi connectivity index (χ0v) is 33.1. The molecule has 0 spiro atoms. The van der Waals surface area contributed by atoms with Crippen molar-refractivity contribution in [3.63, 3.8) is 0 Å². The molecule has 7 aromatic carbocycles.